The summed E-state index contributed by atoms with van der Waals surface area (Å²) < 4.78 is 0. The van der Waals surface area contributed by atoms with Crippen molar-refractivity contribution in [3.8, 4) is 11.3 Å². The first-order chi connectivity index (χ1) is 13.6. The van der Waals surface area contributed by atoms with Crippen LogP contribution in [0.25, 0.3) is 21.6 Å². The summed E-state index contributed by atoms with van der Waals surface area (Å²) in [5.41, 5.74) is 2.65. The number of amides is 1. The van der Waals surface area contributed by atoms with Gasteiger partial charge in [-0.25, -0.2) is 19.9 Å². The average molecular weight is 397 g/mol. The summed E-state index contributed by atoms with van der Waals surface area (Å²) in [6.45, 7) is 6.66. The first-order valence-corrected chi connectivity index (χ1v) is 10.5. The Morgan fingerprint density at radius 2 is 1.96 bits per heavy atom. The van der Waals surface area contributed by atoms with Gasteiger partial charge in [-0.1, -0.05) is 25.2 Å². The molecule has 1 saturated heterocycles. The molecule has 0 aliphatic carbocycles. The van der Waals surface area contributed by atoms with Crippen LogP contribution in [-0.4, -0.2) is 45.5 Å². The maximum absolute atomic E-state index is 12.3. The van der Waals surface area contributed by atoms with E-state index in [-0.39, 0.29) is 11.8 Å². The van der Waals surface area contributed by atoms with Crippen molar-refractivity contribution in [2.45, 2.75) is 26.7 Å². The van der Waals surface area contributed by atoms with Crippen LogP contribution in [0.15, 0.2) is 30.9 Å². The summed E-state index contributed by atoms with van der Waals surface area (Å²) in [6, 6.07) is 3.95. The Bertz CT molecular complexity index is 950. The molecule has 28 heavy (non-hydrogen) atoms. The van der Waals surface area contributed by atoms with Crippen molar-refractivity contribution in [3.63, 3.8) is 0 Å². The summed E-state index contributed by atoms with van der Waals surface area (Å²) in [7, 11) is 0. The molecule has 0 radical (unpaired) electrons. The molecule has 8 heteroatoms. The predicted molar refractivity (Wildman–Crippen MR) is 111 cm³/mol. The number of anilines is 1. The minimum absolute atomic E-state index is 0.104. The maximum atomic E-state index is 12.3. The highest BCUT2D eigenvalue weighted by molar-refractivity contribution is 7.21. The van der Waals surface area contributed by atoms with Crippen LogP contribution < -0.4 is 10.2 Å². The van der Waals surface area contributed by atoms with E-state index < -0.39 is 0 Å². The molecule has 0 unspecified atom stereocenters. The van der Waals surface area contributed by atoms with E-state index in [0.29, 0.717) is 5.92 Å². The molecule has 1 aliphatic heterocycles. The molecule has 0 saturated carbocycles. The predicted octanol–water partition coefficient (Wildman–Crippen LogP) is 3.14. The lowest BCUT2D eigenvalue weighted by Crippen LogP contribution is -2.41. The summed E-state index contributed by atoms with van der Waals surface area (Å²) in [5.74, 6) is 0.771. The quantitative estimate of drug-likeness (QED) is 0.713. The summed E-state index contributed by atoms with van der Waals surface area (Å²) in [4.78, 5) is 33.1. The molecular formula is C20H24N6OS. The lowest BCUT2D eigenvalue weighted by molar-refractivity contribution is -0.125. The Hall–Kier alpha value is -2.61. The summed E-state index contributed by atoms with van der Waals surface area (Å²) >= 11 is 1.60. The van der Waals surface area contributed by atoms with E-state index in [0.717, 1.165) is 59.2 Å². The van der Waals surface area contributed by atoms with Crippen LogP contribution in [0.4, 0.5) is 5.13 Å². The molecule has 0 aromatic carbocycles. The molecule has 0 spiro atoms. The van der Waals surface area contributed by atoms with Gasteiger partial charge in [0.2, 0.25) is 5.91 Å². The van der Waals surface area contributed by atoms with E-state index in [2.05, 4.69) is 34.0 Å². The normalized spacial score (nSPS) is 15.3. The van der Waals surface area contributed by atoms with Crippen molar-refractivity contribution in [1.82, 2.24) is 25.3 Å². The summed E-state index contributed by atoms with van der Waals surface area (Å²) in [6.07, 6.45) is 6.76. The molecule has 1 fully saturated rings. The molecule has 3 aromatic rings. The Morgan fingerprint density at radius 1 is 1.21 bits per heavy atom. The number of carbonyl (C=O) groups excluding carboxylic acids is 1. The van der Waals surface area contributed by atoms with Gasteiger partial charge >= 0.3 is 0 Å². The zero-order chi connectivity index (χ0) is 19.5. The Kier molecular flexibility index (Phi) is 5.47. The lowest BCUT2D eigenvalue weighted by atomic mass is 9.96. The largest absolute Gasteiger partial charge is 0.356 e. The van der Waals surface area contributed by atoms with Crippen LogP contribution in [0.1, 0.15) is 26.7 Å². The SMILES string of the molecule is CC(C)CNC(=O)C1CCN(c2nc3ccc(-c4cncnc4)nc3s2)CC1. The van der Waals surface area contributed by atoms with Gasteiger partial charge in [0.05, 0.1) is 5.69 Å². The molecule has 7 nitrogen and oxygen atoms in total. The zero-order valence-electron chi connectivity index (χ0n) is 16.1. The number of carbonyl (C=O) groups is 1. The van der Waals surface area contributed by atoms with Gasteiger partial charge in [-0.3, -0.25) is 4.79 Å². The van der Waals surface area contributed by atoms with E-state index in [4.69, 9.17) is 9.97 Å². The monoisotopic (exact) mass is 396 g/mol. The second-order valence-electron chi connectivity index (χ2n) is 7.54. The van der Waals surface area contributed by atoms with Gasteiger partial charge in [0.25, 0.3) is 0 Å². The first kappa shape index (κ1) is 18.7. The lowest BCUT2D eigenvalue weighted by Gasteiger charge is -2.31. The van der Waals surface area contributed by atoms with Crippen molar-refractivity contribution >= 4 is 32.7 Å². The third-order valence-electron chi connectivity index (χ3n) is 4.92. The number of hydrogen-bond donors (Lipinski definition) is 1. The van der Waals surface area contributed by atoms with E-state index in [1.807, 2.05) is 12.1 Å². The highest BCUT2D eigenvalue weighted by Gasteiger charge is 2.26. The van der Waals surface area contributed by atoms with Crippen LogP contribution >= 0.6 is 11.3 Å². The number of pyridine rings is 1. The van der Waals surface area contributed by atoms with Gasteiger partial charge in [0.15, 0.2) is 5.13 Å². The van der Waals surface area contributed by atoms with Crippen LogP contribution in [0.5, 0.6) is 0 Å². The van der Waals surface area contributed by atoms with Crippen LogP contribution in [0.2, 0.25) is 0 Å². The van der Waals surface area contributed by atoms with E-state index >= 15 is 0 Å². The maximum Gasteiger partial charge on any atom is 0.223 e. The summed E-state index contributed by atoms with van der Waals surface area (Å²) in [5, 5.41) is 4.04. The Morgan fingerprint density at radius 3 is 2.68 bits per heavy atom. The highest BCUT2D eigenvalue weighted by Crippen LogP contribution is 2.32. The second-order valence-corrected chi connectivity index (χ2v) is 8.50. The molecule has 1 N–H and O–H groups in total. The van der Waals surface area contributed by atoms with E-state index in [9.17, 15) is 4.79 Å². The second kappa shape index (κ2) is 8.18. The van der Waals surface area contributed by atoms with Crippen LogP contribution in [0, 0.1) is 11.8 Å². The minimum Gasteiger partial charge on any atom is -0.356 e. The van der Waals surface area contributed by atoms with Crippen molar-refractivity contribution in [2.75, 3.05) is 24.5 Å². The van der Waals surface area contributed by atoms with Crippen molar-refractivity contribution in [1.29, 1.82) is 0 Å². The van der Waals surface area contributed by atoms with Crippen LogP contribution in [-0.2, 0) is 4.79 Å². The van der Waals surface area contributed by atoms with E-state index in [1.54, 1.807) is 23.7 Å². The molecule has 3 aromatic heterocycles. The third-order valence-corrected chi connectivity index (χ3v) is 5.95. The van der Waals surface area contributed by atoms with Gasteiger partial charge < -0.3 is 10.2 Å². The minimum atomic E-state index is 0.104. The number of piperidine rings is 1. The number of nitrogens with zero attached hydrogens (tertiary/aromatic N) is 5. The van der Waals surface area contributed by atoms with Gasteiger partial charge in [0, 0.05) is 43.5 Å². The highest BCUT2D eigenvalue weighted by atomic mass is 32.1. The molecule has 4 heterocycles. The molecule has 146 valence electrons. The number of fused-ring (bicyclic) bond motifs is 1. The fraction of sp³-hybridized carbons (Fsp3) is 0.450. The van der Waals surface area contributed by atoms with Gasteiger partial charge in [-0.2, -0.15) is 0 Å². The van der Waals surface area contributed by atoms with Gasteiger partial charge in [0.1, 0.15) is 16.7 Å². The number of nitrogens with one attached hydrogen (secondary N) is 1. The van der Waals surface area contributed by atoms with Gasteiger partial charge in [-0.05, 0) is 30.9 Å². The molecule has 0 atom stereocenters. The zero-order valence-corrected chi connectivity index (χ0v) is 16.9. The molecule has 1 amide bonds. The third kappa shape index (κ3) is 4.11. The number of thiazole rings is 1. The Balaban J connectivity index is 1.43. The fourth-order valence-corrected chi connectivity index (χ4v) is 4.31. The molecule has 0 bridgehead atoms. The van der Waals surface area contributed by atoms with E-state index in [1.165, 1.54) is 6.33 Å². The van der Waals surface area contributed by atoms with Crippen LogP contribution in [0.3, 0.4) is 0 Å². The van der Waals surface area contributed by atoms with Crippen molar-refractivity contribution in [3.05, 3.63) is 30.9 Å². The number of hydrogen-bond acceptors (Lipinski definition) is 7. The van der Waals surface area contributed by atoms with Crippen molar-refractivity contribution < 1.29 is 4.79 Å². The smallest absolute Gasteiger partial charge is 0.223 e. The number of aromatic nitrogens is 4. The molecule has 4 rings (SSSR count). The van der Waals surface area contributed by atoms with Gasteiger partial charge in [-0.15, -0.1) is 0 Å². The first-order valence-electron chi connectivity index (χ1n) is 9.66. The Labute approximate surface area is 168 Å². The standard InChI is InChI=1S/C20H24N6OS/c1-13(2)9-23-18(27)14-5-7-26(8-6-14)20-25-17-4-3-16(24-19(17)28-20)15-10-21-12-22-11-15/h3-4,10-14H,5-9H2,1-2H3,(H,23,27). The fourth-order valence-electron chi connectivity index (χ4n) is 3.32. The van der Waals surface area contributed by atoms with Crippen molar-refractivity contribution in [2.24, 2.45) is 11.8 Å². The average Bonchev–Trinajstić information content (AvgIpc) is 3.16. The number of rotatable bonds is 5. The molecular weight excluding hydrogens is 372 g/mol. The molecule has 1 aliphatic rings. The topological polar surface area (TPSA) is 83.9 Å².